The second-order valence-electron chi connectivity index (χ2n) is 7.03. The fraction of sp³-hybridized carbons (Fsp3) is 0.381. The average Bonchev–Trinajstić information content (AvgIpc) is 2.67. The number of halogens is 1. The van der Waals surface area contributed by atoms with Gasteiger partial charge in [-0.2, -0.15) is 0 Å². The Kier molecular flexibility index (Phi) is 5.84. The van der Waals surface area contributed by atoms with Gasteiger partial charge >= 0.3 is 0 Å². The van der Waals surface area contributed by atoms with Crippen molar-refractivity contribution in [3.63, 3.8) is 0 Å². The molecule has 4 nitrogen and oxygen atoms in total. The predicted octanol–water partition coefficient (Wildman–Crippen LogP) is 3.88. The van der Waals surface area contributed by atoms with Crippen LogP contribution in [0.5, 0.6) is 0 Å². The third-order valence-electron chi connectivity index (χ3n) is 5.12. The van der Waals surface area contributed by atoms with Gasteiger partial charge in [0.25, 0.3) is 5.91 Å². The lowest BCUT2D eigenvalue weighted by Crippen LogP contribution is -2.44. The van der Waals surface area contributed by atoms with Gasteiger partial charge in [0.05, 0.1) is 0 Å². The number of hydrogen-bond donors (Lipinski definition) is 1. The zero-order valence-corrected chi connectivity index (χ0v) is 16.1. The lowest BCUT2D eigenvalue weighted by molar-refractivity contribution is 0.0487. The molecular weight excluding hydrogens is 348 g/mol. The van der Waals surface area contributed by atoms with Crippen molar-refractivity contribution in [2.24, 2.45) is 0 Å². The van der Waals surface area contributed by atoms with Crippen LogP contribution in [0.1, 0.15) is 28.8 Å². The molecule has 0 atom stereocenters. The van der Waals surface area contributed by atoms with Crippen LogP contribution in [-0.2, 0) is 10.2 Å². The molecule has 138 valence electrons. The van der Waals surface area contributed by atoms with Crippen LogP contribution in [0.2, 0.25) is 5.02 Å². The maximum absolute atomic E-state index is 12.7. The molecule has 1 heterocycles. The summed E-state index contributed by atoms with van der Waals surface area (Å²) < 4.78 is 5.56. The van der Waals surface area contributed by atoms with E-state index >= 15 is 0 Å². The quantitative estimate of drug-likeness (QED) is 0.865. The molecule has 26 heavy (non-hydrogen) atoms. The molecule has 1 amide bonds. The Morgan fingerprint density at radius 1 is 1.15 bits per heavy atom. The van der Waals surface area contributed by atoms with Gasteiger partial charge in [-0.25, -0.2) is 0 Å². The minimum atomic E-state index is -0.113. The molecule has 0 aromatic heterocycles. The number of rotatable bonds is 5. The van der Waals surface area contributed by atoms with Crippen LogP contribution in [0, 0.1) is 0 Å². The maximum Gasteiger partial charge on any atom is 0.251 e. The van der Waals surface area contributed by atoms with Gasteiger partial charge in [-0.1, -0.05) is 29.8 Å². The van der Waals surface area contributed by atoms with Crippen LogP contribution in [0.4, 0.5) is 5.69 Å². The largest absolute Gasteiger partial charge is 0.381 e. The van der Waals surface area contributed by atoms with E-state index in [0.29, 0.717) is 25.3 Å². The summed E-state index contributed by atoms with van der Waals surface area (Å²) in [6, 6.07) is 15.6. The summed E-state index contributed by atoms with van der Waals surface area (Å²) >= 11 is 6.05. The Hall–Kier alpha value is -2.04. The Balaban J connectivity index is 1.77. The first-order chi connectivity index (χ1) is 12.5. The molecule has 5 heteroatoms. The lowest BCUT2D eigenvalue weighted by atomic mass is 9.74. The Morgan fingerprint density at radius 3 is 2.50 bits per heavy atom. The van der Waals surface area contributed by atoms with Gasteiger partial charge in [-0.3, -0.25) is 4.79 Å². The van der Waals surface area contributed by atoms with Crippen LogP contribution in [0.3, 0.4) is 0 Å². The summed E-state index contributed by atoms with van der Waals surface area (Å²) in [5.74, 6) is -0.0477. The van der Waals surface area contributed by atoms with E-state index in [4.69, 9.17) is 16.3 Å². The van der Waals surface area contributed by atoms with E-state index in [1.165, 1.54) is 5.56 Å². The van der Waals surface area contributed by atoms with Crippen molar-refractivity contribution in [3.05, 3.63) is 64.7 Å². The number of nitrogens with one attached hydrogen (secondary N) is 1. The molecule has 3 rings (SSSR count). The Morgan fingerprint density at radius 2 is 1.85 bits per heavy atom. The van der Waals surface area contributed by atoms with Crippen molar-refractivity contribution in [3.8, 4) is 0 Å². The summed E-state index contributed by atoms with van der Waals surface area (Å²) in [5, 5.41) is 3.87. The standard InChI is InChI=1S/C21H25ClN2O2/c1-24(2)19-5-3-4-16(14-19)20(25)23-15-21(10-12-26-13-11-21)17-6-8-18(22)9-7-17/h3-9,14H,10-13,15H2,1-2H3,(H,23,25). The smallest absolute Gasteiger partial charge is 0.251 e. The summed E-state index contributed by atoms with van der Waals surface area (Å²) in [5.41, 5.74) is 2.77. The van der Waals surface area contributed by atoms with Crippen LogP contribution in [0.25, 0.3) is 0 Å². The van der Waals surface area contributed by atoms with Crippen molar-refractivity contribution in [2.75, 3.05) is 38.8 Å². The summed E-state index contributed by atoms with van der Waals surface area (Å²) in [4.78, 5) is 14.7. The number of nitrogens with zero attached hydrogens (tertiary/aromatic N) is 1. The SMILES string of the molecule is CN(C)c1cccc(C(=O)NCC2(c3ccc(Cl)cc3)CCOCC2)c1. The monoisotopic (exact) mass is 372 g/mol. The summed E-state index contributed by atoms with van der Waals surface area (Å²) in [6.45, 7) is 1.99. The number of hydrogen-bond acceptors (Lipinski definition) is 3. The molecule has 1 aliphatic rings. The van der Waals surface area contributed by atoms with Gasteiger partial charge < -0.3 is 15.0 Å². The van der Waals surface area contributed by atoms with Crippen LogP contribution < -0.4 is 10.2 Å². The average molecular weight is 373 g/mol. The highest BCUT2D eigenvalue weighted by molar-refractivity contribution is 6.30. The molecule has 0 bridgehead atoms. The molecule has 1 aliphatic heterocycles. The van der Waals surface area contributed by atoms with Crippen LogP contribution in [0.15, 0.2) is 48.5 Å². The number of benzene rings is 2. The molecule has 0 saturated carbocycles. The van der Waals surface area contributed by atoms with Gasteiger partial charge in [0, 0.05) is 55.5 Å². The normalized spacial score (nSPS) is 16.1. The highest BCUT2D eigenvalue weighted by Crippen LogP contribution is 2.35. The molecule has 0 radical (unpaired) electrons. The van der Waals surface area contributed by atoms with Crippen molar-refractivity contribution in [1.82, 2.24) is 5.32 Å². The Bertz CT molecular complexity index is 753. The van der Waals surface area contributed by atoms with E-state index in [9.17, 15) is 4.79 Å². The van der Waals surface area contributed by atoms with Crippen molar-refractivity contribution < 1.29 is 9.53 Å². The molecule has 0 spiro atoms. The second-order valence-corrected chi connectivity index (χ2v) is 7.46. The molecule has 1 fully saturated rings. The van der Waals surface area contributed by atoms with Gasteiger partial charge in [-0.15, -0.1) is 0 Å². The molecular formula is C21H25ClN2O2. The molecule has 2 aromatic carbocycles. The molecule has 0 unspecified atom stereocenters. The van der Waals surface area contributed by atoms with Gasteiger partial charge in [0.1, 0.15) is 0 Å². The first kappa shape index (κ1) is 18.7. The topological polar surface area (TPSA) is 41.6 Å². The first-order valence-electron chi connectivity index (χ1n) is 8.90. The van der Waals surface area contributed by atoms with Crippen molar-refractivity contribution in [2.45, 2.75) is 18.3 Å². The molecule has 0 aliphatic carbocycles. The number of carbonyl (C=O) groups is 1. The second kappa shape index (κ2) is 8.11. The highest BCUT2D eigenvalue weighted by atomic mass is 35.5. The first-order valence-corrected chi connectivity index (χ1v) is 9.27. The van der Waals surface area contributed by atoms with Crippen LogP contribution in [-0.4, -0.2) is 39.8 Å². The predicted molar refractivity (Wildman–Crippen MR) is 106 cm³/mol. The van der Waals surface area contributed by atoms with E-state index in [0.717, 1.165) is 23.6 Å². The summed E-state index contributed by atoms with van der Waals surface area (Å²) in [7, 11) is 3.93. The fourth-order valence-corrected chi connectivity index (χ4v) is 3.54. The third kappa shape index (κ3) is 4.19. The van der Waals surface area contributed by atoms with Gasteiger partial charge in [0.15, 0.2) is 0 Å². The highest BCUT2D eigenvalue weighted by Gasteiger charge is 2.34. The molecule has 2 aromatic rings. The number of carbonyl (C=O) groups excluding carboxylic acids is 1. The number of amides is 1. The number of ether oxygens (including phenoxy) is 1. The maximum atomic E-state index is 12.7. The summed E-state index contributed by atoms with van der Waals surface area (Å²) in [6.07, 6.45) is 1.76. The Labute approximate surface area is 160 Å². The van der Waals surface area contributed by atoms with Crippen LogP contribution >= 0.6 is 11.6 Å². The fourth-order valence-electron chi connectivity index (χ4n) is 3.41. The van der Waals surface area contributed by atoms with E-state index in [1.54, 1.807) is 0 Å². The van der Waals surface area contributed by atoms with Gasteiger partial charge in [0.2, 0.25) is 0 Å². The zero-order valence-electron chi connectivity index (χ0n) is 15.3. The number of anilines is 1. The molecule has 1 N–H and O–H groups in total. The van der Waals surface area contributed by atoms with E-state index < -0.39 is 0 Å². The van der Waals surface area contributed by atoms with E-state index in [2.05, 4.69) is 17.4 Å². The third-order valence-corrected chi connectivity index (χ3v) is 5.37. The lowest BCUT2D eigenvalue weighted by Gasteiger charge is -2.38. The van der Waals surface area contributed by atoms with Crippen molar-refractivity contribution in [1.29, 1.82) is 0 Å². The van der Waals surface area contributed by atoms with Crippen molar-refractivity contribution >= 4 is 23.2 Å². The molecule has 1 saturated heterocycles. The zero-order chi connectivity index (χ0) is 18.6. The van der Waals surface area contributed by atoms with E-state index in [-0.39, 0.29) is 11.3 Å². The minimum Gasteiger partial charge on any atom is -0.381 e. The minimum absolute atomic E-state index is 0.0477. The van der Waals surface area contributed by atoms with E-state index in [1.807, 2.05) is 55.4 Å². The van der Waals surface area contributed by atoms with Gasteiger partial charge in [-0.05, 0) is 48.7 Å².